The minimum Gasteiger partial charge on any atom is -0.505 e. The first-order valence-corrected chi connectivity index (χ1v) is 22.9. The number of aromatic hydroxyl groups is 1. The highest BCUT2D eigenvalue weighted by Gasteiger charge is 2.24. The Balaban J connectivity index is 1.31. The van der Waals surface area contributed by atoms with Crippen molar-refractivity contribution >= 4 is 97.4 Å². The van der Waals surface area contributed by atoms with Gasteiger partial charge in [-0.2, -0.15) is 30.4 Å². The third-order valence-corrected chi connectivity index (χ3v) is 12.3. The zero-order valence-electron chi connectivity index (χ0n) is 34.3. The van der Waals surface area contributed by atoms with Gasteiger partial charge in [0.2, 0.25) is 0 Å². The molecule has 0 aliphatic carbocycles. The number of fused-ring (bicyclic) bond motifs is 2. The first kappa shape index (κ1) is 45.6. The highest BCUT2D eigenvalue weighted by molar-refractivity contribution is 7.86. The molecule has 7 rings (SSSR count). The Labute approximate surface area is 370 Å². The van der Waals surface area contributed by atoms with Crippen LogP contribution < -0.4 is 19.5 Å². The molecule has 0 unspecified atom stereocenters. The molecule has 7 aromatic carbocycles. The van der Waals surface area contributed by atoms with Crippen LogP contribution >= 0.6 is 0 Å². The number of benzene rings is 7. The van der Waals surface area contributed by atoms with Crippen LogP contribution in [0.25, 0.3) is 21.5 Å². The van der Waals surface area contributed by atoms with Crippen molar-refractivity contribution in [3.63, 3.8) is 0 Å². The Hall–Kier alpha value is -7.41. The molecule has 0 heterocycles. The Morgan fingerprint density at radius 3 is 1.78 bits per heavy atom. The molecule has 0 saturated carbocycles. The summed E-state index contributed by atoms with van der Waals surface area (Å²) in [6.07, 6.45) is 0. The van der Waals surface area contributed by atoms with Gasteiger partial charge in [0.25, 0.3) is 30.4 Å². The molecule has 23 heteroatoms. The summed E-state index contributed by atoms with van der Waals surface area (Å²) in [5, 5.41) is 40.3. The van der Waals surface area contributed by atoms with E-state index in [4.69, 9.17) is 14.2 Å². The second kappa shape index (κ2) is 18.0. The maximum Gasteiger partial charge on any atom is 0.296 e. The maximum atomic E-state index is 12.7. The minimum atomic E-state index is -5.03. The topological polar surface area (TPSA) is 297 Å². The van der Waals surface area contributed by atoms with Crippen molar-refractivity contribution in [3.8, 4) is 23.0 Å². The van der Waals surface area contributed by atoms with Crippen LogP contribution in [0.3, 0.4) is 0 Å². The molecule has 0 aromatic heterocycles. The fourth-order valence-electron chi connectivity index (χ4n) is 6.50. The SMILES string of the molecule is COc1ccc(N=Nc2cc(OC)c(N=Nc3cc(OC)c(N=Nc4c(S(=O)(=O)O)cc5cc(Nc6ccccc6)ccc5c4O)c4ccc(S(=O)(=O)O)cc34)cc2C)c(S(=O)(=O)O)c1. The third-order valence-electron chi connectivity index (χ3n) is 9.66. The highest BCUT2D eigenvalue weighted by Crippen LogP contribution is 2.47. The summed E-state index contributed by atoms with van der Waals surface area (Å²) in [7, 11) is -10.6. The van der Waals surface area contributed by atoms with E-state index in [2.05, 4.69) is 36.0 Å². The van der Waals surface area contributed by atoms with Gasteiger partial charge in [0.05, 0.1) is 37.6 Å². The molecule has 20 nitrogen and oxygen atoms in total. The number of hydrogen-bond donors (Lipinski definition) is 5. The van der Waals surface area contributed by atoms with Crippen LogP contribution in [0.5, 0.6) is 23.0 Å². The molecular formula is C42H35N7O13S3. The number of phenolic OH excluding ortho intramolecular Hbond substituents is 1. The Kier molecular flexibility index (Phi) is 12.6. The number of anilines is 2. The first-order valence-electron chi connectivity index (χ1n) is 18.6. The molecule has 0 atom stereocenters. The van der Waals surface area contributed by atoms with Crippen LogP contribution in [-0.4, -0.2) is 65.3 Å². The molecule has 0 aliphatic rings. The predicted octanol–water partition coefficient (Wildman–Crippen LogP) is 10.8. The summed E-state index contributed by atoms with van der Waals surface area (Å²) in [5.41, 5.74) is 1.19. The molecule has 0 saturated heterocycles. The van der Waals surface area contributed by atoms with E-state index in [9.17, 15) is 44.0 Å². The molecular weight excluding hydrogens is 907 g/mol. The maximum absolute atomic E-state index is 12.7. The number of azo groups is 3. The number of nitrogens with zero attached hydrogens (tertiary/aromatic N) is 6. The zero-order valence-corrected chi connectivity index (χ0v) is 36.7. The number of nitrogens with one attached hydrogen (secondary N) is 1. The molecule has 0 radical (unpaired) electrons. The first-order chi connectivity index (χ1) is 30.8. The smallest absolute Gasteiger partial charge is 0.296 e. The molecule has 0 bridgehead atoms. The Morgan fingerprint density at radius 2 is 1.12 bits per heavy atom. The van der Waals surface area contributed by atoms with E-state index in [-0.39, 0.29) is 67.2 Å². The summed E-state index contributed by atoms with van der Waals surface area (Å²) in [6, 6.07) is 26.5. The van der Waals surface area contributed by atoms with Gasteiger partial charge < -0.3 is 24.6 Å². The van der Waals surface area contributed by atoms with Crippen LogP contribution in [0.4, 0.5) is 45.5 Å². The lowest BCUT2D eigenvalue weighted by molar-refractivity contribution is 0.412. The summed E-state index contributed by atoms with van der Waals surface area (Å²) in [4.78, 5) is -1.84. The lowest BCUT2D eigenvalue weighted by Crippen LogP contribution is -1.99. The summed E-state index contributed by atoms with van der Waals surface area (Å²) >= 11 is 0. The Morgan fingerprint density at radius 1 is 0.492 bits per heavy atom. The number of hydrogen-bond acceptors (Lipinski definition) is 17. The largest absolute Gasteiger partial charge is 0.505 e. The highest BCUT2D eigenvalue weighted by atomic mass is 32.2. The van der Waals surface area contributed by atoms with Gasteiger partial charge in [0.15, 0.2) is 5.75 Å². The van der Waals surface area contributed by atoms with Gasteiger partial charge in [0.1, 0.15) is 49.8 Å². The van der Waals surface area contributed by atoms with Crippen LogP contribution in [0, 0.1) is 6.92 Å². The normalized spacial score (nSPS) is 12.5. The van der Waals surface area contributed by atoms with Crippen molar-refractivity contribution in [2.24, 2.45) is 30.7 Å². The van der Waals surface area contributed by atoms with Gasteiger partial charge in [0, 0.05) is 45.7 Å². The molecule has 0 aliphatic heterocycles. The van der Waals surface area contributed by atoms with Crippen molar-refractivity contribution in [1.29, 1.82) is 0 Å². The van der Waals surface area contributed by atoms with E-state index in [1.165, 1.54) is 63.8 Å². The molecule has 7 aromatic rings. The van der Waals surface area contributed by atoms with Crippen LogP contribution in [-0.2, 0) is 30.4 Å². The average molecular weight is 942 g/mol. The summed E-state index contributed by atoms with van der Waals surface area (Å²) in [6.45, 7) is 1.64. The minimum absolute atomic E-state index is 0.0193. The fourth-order valence-corrected chi connectivity index (χ4v) is 8.30. The quantitative estimate of drug-likeness (QED) is 0.0500. The van der Waals surface area contributed by atoms with Crippen LogP contribution in [0.2, 0.25) is 0 Å². The molecule has 5 N–H and O–H groups in total. The lowest BCUT2D eigenvalue weighted by Gasteiger charge is -2.13. The molecule has 65 heavy (non-hydrogen) atoms. The standard InChI is InChI=1S/C42H35N7O13S3/c1-23-16-35(36(61-3)21-33(23)45-44-32-15-11-27(60-2)19-38(32)64(54,55)56)47-46-34-22-37(62-4)40(30-14-12-28(20-31(30)34)63(51,52)53)48-49-41-39(65(57,58)59)18-24-17-26(10-13-29(24)42(41)50)43-25-8-6-5-7-9-25/h5-22,43,50H,1-4H3,(H,51,52,53)(H,54,55,56)(H,57,58,59). The second-order valence-electron chi connectivity index (χ2n) is 13.8. The van der Waals surface area contributed by atoms with Crippen molar-refractivity contribution in [3.05, 3.63) is 115 Å². The van der Waals surface area contributed by atoms with Gasteiger partial charge in [-0.15, -0.1) is 25.6 Å². The summed E-state index contributed by atoms with van der Waals surface area (Å²) in [5.74, 6) is -0.397. The van der Waals surface area contributed by atoms with Gasteiger partial charge in [-0.05, 0) is 84.6 Å². The van der Waals surface area contributed by atoms with Gasteiger partial charge >= 0.3 is 0 Å². The average Bonchev–Trinajstić information content (AvgIpc) is 3.26. The number of para-hydroxylation sites is 1. The van der Waals surface area contributed by atoms with E-state index < -0.39 is 56.5 Å². The Bertz CT molecular complexity index is 3480. The van der Waals surface area contributed by atoms with Crippen LogP contribution in [0.15, 0.2) is 155 Å². The van der Waals surface area contributed by atoms with Gasteiger partial charge in [-0.1, -0.05) is 24.3 Å². The van der Waals surface area contributed by atoms with Crippen LogP contribution in [0.1, 0.15) is 5.56 Å². The van der Waals surface area contributed by atoms with Crippen molar-refractivity contribution in [2.75, 3.05) is 26.6 Å². The van der Waals surface area contributed by atoms with Gasteiger partial charge in [-0.3, -0.25) is 13.7 Å². The number of ether oxygens (including phenoxy) is 3. The monoisotopic (exact) mass is 941 g/mol. The number of rotatable bonds is 14. The second-order valence-corrected chi connectivity index (χ2v) is 18.0. The van der Waals surface area contributed by atoms with Crippen molar-refractivity contribution in [1.82, 2.24) is 0 Å². The number of phenols is 1. The molecule has 0 fully saturated rings. The zero-order chi connectivity index (χ0) is 46.8. The van der Waals surface area contributed by atoms with Gasteiger partial charge in [-0.25, -0.2) is 0 Å². The van der Waals surface area contributed by atoms with Crippen molar-refractivity contribution < 1.29 is 58.2 Å². The summed E-state index contributed by atoms with van der Waals surface area (Å²) < 4.78 is 120. The lowest BCUT2D eigenvalue weighted by atomic mass is 10.1. The fraction of sp³-hybridized carbons (Fsp3) is 0.0952. The molecule has 0 spiro atoms. The molecule has 0 amide bonds. The van der Waals surface area contributed by atoms with E-state index in [1.54, 1.807) is 19.1 Å². The van der Waals surface area contributed by atoms with E-state index in [1.807, 2.05) is 30.3 Å². The van der Waals surface area contributed by atoms with Crippen molar-refractivity contribution in [2.45, 2.75) is 21.6 Å². The van der Waals surface area contributed by atoms with E-state index >= 15 is 0 Å². The van der Waals surface area contributed by atoms with E-state index in [0.717, 1.165) is 30.0 Å². The number of aryl methyl sites for hydroxylation is 1. The molecule has 334 valence electrons. The van der Waals surface area contributed by atoms with E-state index in [0.29, 0.717) is 11.3 Å². The number of methoxy groups -OCH3 is 3. The third kappa shape index (κ3) is 9.89. The predicted molar refractivity (Wildman–Crippen MR) is 239 cm³/mol.